The molecule has 0 unspecified atom stereocenters. The Morgan fingerprint density at radius 3 is 2.87 bits per heavy atom. The van der Waals surface area contributed by atoms with Gasteiger partial charge in [-0.1, -0.05) is 0 Å². The summed E-state index contributed by atoms with van der Waals surface area (Å²) in [4.78, 5) is 11.7. The monoisotopic (exact) mass is 340 g/mol. The van der Waals surface area contributed by atoms with Gasteiger partial charge in [-0.2, -0.15) is 27.8 Å². The number of rotatable bonds is 4. The van der Waals surface area contributed by atoms with Crippen molar-refractivity contribution in [2.45, 2.75) is 31.5 Å². The average Bonchev–Trinajstić information content (AvgIpc) is 3.06. The Labute approximate surface area is 132 Å². The zero-order chi connectivity index (χ0) is 16.0. The van der Waals surface area contributed by atoms with Gasteiger partial charge in [-0.25, -0.2) is 9.97 Å². The van der Waals surface area contributed by atoms with Crippen LogP contribution in [0.3, 0.4) is 0 Å². The normalized spacial score (nSPS) is 15.3. The first-order chi connectivity index (χ1) is 11.0. The van der Waals surface area contributed by atoms with E-state index in [4.69, 9.17) is 0 Å². The Hall–Kier alpha value is -2.23. The van der Waals surface area contributed by atoms with E-state index >= 15 is 0 Å². The van der Waals surface area contributed by atoms with Crippen LogP contribution >= 0.6 is 11.3 Å². The van der Waals surface area contributed by atoms with Gasteiger partial charge in [0.1, 0.15) is 12.1 Å². The van der Waals surface area contributed by atoms with Crippen LogP contribution in [0.25, 0.3) is 5.78 Å². The first-order valence-corrected chi connectivity index (χ1v) is 7.85. The van der Waals surface area contributed by atoms with Crippen molar-refractivity contribution in [3.63, 3.8) is 0 Å². The Kier molecular flexibility index (Phi) is 3.22. The molecule has 10 heteroatoms. The number of fused-ring (bicyclic) bond motifs is 1. The second-order valence-corrected chi connectivity index (χ2v) is 6.19. The smallest absolute Gasteiger partial charge is 0.364 e. The van der Waals surface area contributed by atoms with Gasteiger partial charge in [-0.15, -0.1) is 11.3 Å². The van der Waals surface area contributed by atoms with Crippen molar-refractivity contribution >= 4 is 22.9 Å². The lowest BCUT2D eigenvalue weighted by molar-refractivity contribution is -0.141. The third kappa shape index (κ3) is 2.85. The van der Waals surface area contributed by atoms with Crippen molar-refractivity contribution in [1.82, 2.24) is 24.6 Å². The van der Waals surface area contributed by atoms with E-state index in [2.05, 4.69) is 25.4 Å². The second-order valence-electron chi connectivity index (χ2n) is 5.30. The van der Waals surface area contributed by atoms with Crippen LogP contribution in [-0.2, 0) is 12.7 Å². The molecule has 4 rings (SSSR count). The van der Waals surface area contributed by atoms with Crippen molar-refractivity contribution in [2.24, 2.45) is 0 Å². The van der Waals surface area contributed by atoms with Crippen LogP contribution in [-0.4, -0.2) is 24.6 Å². The Balaban J connectivity index is 1.60. The van der Waals surface area contributed by atoms with Gasteiger partial charge in [-0.3, -0.25) is 0 Å². The Bertz CT molecular complexity index is 851. The summed E-state index contributed by atoms with van der Waals surface area (Å²) in [7, 11) is 0. The van der Waals surface area contributed by atoms with Crippen LogP contribution in [0.2, 0.25) is 0 Å². The van der Waals surface area contributed by atoms with E-state index in [0.717, 1.165) is 16.8 Å². The maximum Gasteiger partial charge on any atom is 0.433 e. The fraction of sp³-hybridized carbons (Fsp3) is 0.385. The third-order valence-corrected chi connectivity index (χ3v) is 4.55. The molecule has 0 atom stereocenters. The molecule has 0 radical (unpaired) electrons. The molecule has 1 fully saturated rings. The molecule has 1 aliphatic carbocycles. The van der Waals surface area contributed by atoms with Gasteiger partial charge in [0, 0.05) is 17.4 Å². The van der Waals surface area contributed by atoms with Gasteiger partial charge in [0.15, 0.2) is 5.69 Å². The van der Waals surface area contributed by atoms with Crippen LogP contribution in [0, 0.1) is 0 Å². The molecule has 3 heterocycles. The molecule has 1 N–H and O–H groups in total. The van der Waals surface area contributed by atoms with Crippen molar-refractivity contribution in [1.29, 1.82) is 0 Å². The molecule has 1 saturated carbocycles. The lowest BCUT2D eigenvalue weighted by Gasteiger charge is -2.10. The largest absolute Gasteiger partial charge is 0.433 e. The Morgan fingerprint density at radius 2 is 2.13 bits per heavy atom. The van der Waals surface area contributed by atoms with Crippen LogP contribution < -0.4 is 5.32 Å². The summed E-state index contributed by atoms with van der Waals surface area (Å²) in [5, 5.41) is 9.85. The number of anilines is 1. The molecule has 0 bridgehead atoms. The number of hydrogen-bond donors (Lipinski definition) is 1. The molecule has 23 heavy (non-hydrogen) atoms. The summed E-state index contributed by atoms with van der Waals surface area (Å²) in [5.41, 5.74) is -0.201. The highest BCUT2D eigenvalue weighted by atomic mass is 32.1. The summed E-state index contributed by atoms with van der Waals surface area (Å²) in [6.45, 7) is 0.319. The maximum atomic E-state index is 12.9. The van der Waals surface area contributed by atoms with Crippen LogP contribution in [0.4, 0.5) is 19.0 Å². The summed E-state index contributed by atoms with van der Waals surface area (Å²) in [5.74, 6) is 0.647. The van der Waals surface area contributed by atoms with Crippen LogP contribution in [0.15, 0.2) is 17.8 Å². The van der Waals surface area contributed by atoms with E-state index in [0.29, 0.717) is 12.5 Å². The summed E-state index contributed by atoms with van der Waals surface area (Å²) < 4.78 is 40.0. The second kappa shape index (κ2) is 5.15. The number of thiazole rings is 1. The molecule has 0 saturated heterocycles. The molecule has 0 aliphatic heterocycles. The third-order valence-electron chi connectivity index (χ3n) is 3.49. The molecule has 0 amide bonds. The van der Waals surface area contributed by atoms with E-state index in [-0.39, 0.29) is 11.6 Å². The number of nitrogens with one attached hydrogen (secondary N) is 1. The lowest BCUT2D eigenvalue weighted by atomic mass is 10.3. The van der Waals surface area contributed by atoms with Crippen LogP contribution in [0.5, 0.6) is 0 Å². The number of aromatic nitrogens is 5. The maximum absolute atomic E-state index is 12.9. The van der Waals surface area contributed by atoms with Crippen molar-refractivity contribution < 1.29 is 13.2 Å². The van der Waals surface area contributed by atoms with E-state index in [9.17, 15) is 13.2 Å². The van der Waals surface area contributed by atoms with Crippen molar-refractivity contribution in [3.8, 4) is 0 Å². The van der Waals surface area contributed by atoms with Gasteiger partial charge in [-0.05, 0) is 12.8 Å². The molecule has 120 valence electrons. The number of hydrogen-bond acceptors (Lipinski definition) is 6. The molecule has 0 spiro atoms. The summed E-state index contributed by atoms with van der Waals surface area (Å²) >= 11 is 1.59. The van der Waals surface area contributed by atoms with Crippen molar-refractivity contribution in [2.75, 3.05) is 5.32 Å². The quantitative estimate of drug-likeness (QED) is 0.790. The molecular formula is C13H11F3N6S. The fourth-order valence-corrected chi connectivity index (χ4v) is 3.18. The first kappa shape index (κ1) is 14.4. The lowest BCUT2D eigenvalue weighted by Crippen LogP contribution is -2.13. The summed E-state index contributed by atoms with van der Waals surface area (Å²) in [6.07, 6.45) is -1.04. The SMILES string of the molecule is FC(F)(F)c1cc(NCc2csc(C3CC3)n2)n2ncnc2n1. The number of nitrogens with zero attached hydrogens (tertiary/aromatic N) is 5. The van der Waals surface area contributed by atoms with Crippen molar-refractivity contribution in [3.05, 3.63) is 34.2 Å². The minimum atomic E-state index is -4.54. The molecule has 6 nitrogen and oxygen atoms in total. The van der Waals surface area contributed by atoms with Gasteiger partial charge in [0.25, 0.3) is 5.78 Å². The number of halogens is 3. The molecule has 3 aromatic heterocycles. The number of alkyl halides is 3. The van der Waals surface area contributed by atoms with E-state index in [1.165, 1.54) is 23.7 Å². The Morgan fingerprint density at radius 1 is 1.30 bits per heavy atom. The highest BCUT2D eigenvalue weighted by Crippen LogP contribution is 2.41. The predicted octanol–water partition coefficient (Wildman–Crippen LogP) is 3.09. The molecular weight excluding hydrogens is 329 g/mol. The van der Waals surface area contributed by atoms with E-state index in [1.54, 1.807) is 11.3 Å². The zero-order valence-electron chi connectivity index (χ0n) is 11.7. The minimum absolute atomic E-state index is 0.0979. The van der Waals surface area contributed by atoms with E-state index in [1.807, 2.05) is 5.38 Å². The highest BCUT2D eigenvalue weighted by molar-refractivity contribution is 7.09. The van der Waals surface area contributed by atoms with Crippen LogP contribution in [0.1, 0.15) is 35.2 Å². The zero-order valence-corrected chi connectivity index (χ0v) is 12.5. The van der Waals surface area contributed by atoms with Gasteiger partial charge < -0.3 is 5.32 Å². The van der Waals surface area contributed by atoms with E-state index < -0.39 is 11.9 Å². The fourth-order valence-electron chi connectivity index (χ4n) is 2.19. The highest BCUT2D eigenvalue weighted by Gasteiger charge is 2.34. The van der Waals surface area contributed by atoms with Gasteiger partial charge in [0.05, 0.1) is 17.2 Å². The molecule has 0 aromatic carbocycles. The molecule has 1 aliphatic rings. The minimum Gasteiger partial charge on any atom is -0.364 e. The topological polar surface area (TPSA) is 68.0 Å². The molecule has 3 aromatic rings. The van der Waals surface area contributed by atoms with Gasteiger partial charge >= 0.3 is 6.18 Å². The average molecular weight is 340 g/mol. The predicted molar refractivity (Wildman–Crippen MR) is 77.2 cm³/mol. The first-order valence-electron chi connectivity index (χ1n) is 6.97. The standard InChI is InChI=1S/C13H11F3N6S/c14-13(15,16)9-3-10(22-12(21-9)18-6-19-22)17-4-8-5-23-11(20-8)7-1-2-7/h3,5-7,17H,1-2,4H2. The van der Waals surface area contributed by atoms with Gasteiger partial charge in [0.2, 0.25) is 0 Å². The summed E-state index contributed by atoms with van der Waals surface area (Å²) in [6, 6.07) is 0.926.